The smallest absolute Gasteiger partial charge is 0.169 e. The molecule has 4 rings (SSSR count). The summed E-state index contributed by atoms with van der Waals surface area (Å²) >= 11 is 0. The van der Waals surface area contributed by atoms with Gasteiger partial charge in [-0.1, -0.05) is 0 Å². The lowest BCUT2D eigenvalue weighted by Crippen LogP contribution is -2.25. The van der Waals surface area contributed by atoms with Crippen LogP contribution in [0.4, 0.5) is 0 Å². The molecule has 3 nitrogen and oxygen atoms in total. The first-order valence-electron chi connectivity index (χ1n) is 8.66. The summed E-state index contributed by atoms with van der Waals surface area (Å²) in [5.41, 5.74) is 7.21. The highest BCUT2D eigenvalue weighted by atomic mass is 14.9. The first kappa shape index (κ1) is 16.2. The fourth-order valence-corrected chi connectivity index (χ4v) is 3.06. The van der Waals surface area contributed by atoms with Crippen molar-refractivity contribution in [3.8, 4) is 33.4 Å². The van der Waals surface area contributed by atoms with Crippen LogP contribution in [0.5, 0.6) is 0 Å². The molecule has 3 heterocycles. The Kier molecular flexibility index (Phi) is 4.28. The predicted octanol–water partition coefficient (Wildman–Crippen LogP) is 3.73. The van der Waals surface area contributed by atoms with Gasteiger partial charge in [0.2, 0.25) is 0 Å². The van der Waals surface area contributed by atoms with E-state index in [0.29, 0.717) is 0 Å². The Hall–Kier alpha value is -3.33. The van der Waals surface area contributed by atoms with Crippen molar-refractivity contribution in [2.24, 2.45) is 14.1 Å². The van der Waals surface area contributed by atoms with E-state index in [0.717, 1.165) is 0 Å². The van der Waals surface area contributed by atoms with Crippen LogP contribution in [-0.4, -0.2) is 4.98 Å². The van der Waals surface area contributed by atoms with Crippen LogP contribution in [0, 0.1) is 0 Å². The van der Waals surface area contributed by atoms with Gasteiger partial charge < -0.3 is 0 Å². The zero-order chi connectivity index (χ0) is 17.9. The van der Waals surface area contributed by atoms with E-state index in [2.05, 4.69) is 84.4 Å². The lowest BCUT2D eigenvalue weighted by Gasteiger charge is -2.10. The maximum absolute atomic E-state index is 4.15. The van der Waals surface area contributed by atoms with Crippen LogP contribution in [0.3, 0.4) is 0 Å². The summed E-state index contributed by atoms with van der Waals surface area (Å²) in [6, 6.07) is 19.5. The number of hydrogen-bond acceptors (Lipinski definition) is 1. The quantitative estimate of drug-likeness (QED) is 0.521. The molecule has 0 bridgehead atoms. The number of aromatic nitrogens is 3. The highest BCUT2D eigenvalue weighted by molar-refractivity contribution is 5.80. The van der Waals surface area contributed by atoms with Gasteiger partial charge >= 0.3 is 0 Å². The first-order chi connectivity index (χ1) is 12.7. The minimum Gasteiger partial charge on any atom is -0.265 e. The summed E-state index contributed by atoms with van der Waals surface area (Å²) in [5.74, 6) is 0. The van der Waals surface area contributed by atoms with E-state index in [1.165, 1.54) is 33.4 Å². The summed E-state index contributed by atoms with van der Waals surface area (Å²) in [7, 11) is 4.07. The normalized spacial score (nSPS) is 10.7. The van der Waals surface area contributed by atoms with Crippen LogP contribution in [0.25, 0.3) is 33.4 Å². The van der Waals surface area contributed by atoms with Crippen molar-refractivity contribution in [2.45, 2.75) is 0 Å². The van der Waals surface area contributed by atoms with Gasteiger partial charge in [-0.3, -0.25) is 4.98 Å². The number of rotatable bonds is 3. The fourth-order valence-electron chi connectivity index (χ4n) is 3.06. The Morgan fingerprint density at radius 1 is 0.500 bits per heavy atom. The molecule has 0 atom stereocenters. The third-order valence-corrected chi connectivity index (χ3v) is 4.57. The minimum atomic E-state index is 1.17. The largest absolute Gasteiger partial charge is 0.265 e. The monoisotopic (exact) mass is 339 g/mol. The average Bonchev–Trinajstić information content (AvgIpc) is 2.69. The molecule has 1 aromatic carbocycles. The molecule has 0 spiro atoms. The van der Waals surface area contributed by atoms with Gasteiger partial charge in [0.15, 0.2) is 24.8 Å². The standard InChI is InChI=1S/C23H21N3/c1-25-11-5-19(6-12-25)22-15-21(18-3-9-24-10-4-18)16-23(17-22)20-7-13-26(2)14-8-20/h3-17H,1-2H3/q+2. The lowest BCUT2D eigenvalue weighted by molar-refractivity contribution is -0.671. The fraction of sp³-hybridized carbons (Fsp3) is 0.0870. The Morgan fingerprint density at radius 2 is 0.846 bits per heavy atom. The zero-order valence-corrected chi connectivity index (χ0v) is 15.0. The van der Waals surface area contributed by atoms with Gasteiger partial charge in [0.1, 0.15) is 14.1 Å². The van der Waals surface area contributed by atoms with Crippen molar-refractivity contribution >= 4 is 0 Å². The summed E-state index contributed by atoms with van der Waals surface area (Å²) < 4.78 is 4.10. The average molecular weight is 339 g/mol. The molecule has 126 valence electrons. The maximum atomic E-state index is 4.15. The van der Waals surface area contributed by atoms with Gasteiger partial charge in [-0.25, -0.2) is 9.13 Å². The van der Waals surface area contributed by atoms with Crippen LogP contribution >= 0.6 is 0 Å². The summed E-state index contributed by atoms with van der Waals surface area (Å²) in [4.78, 5) is 4.15. The first-order valence-corrected chi connectivity index (χ1v) is 8.66. The molecule has 0 N–H and O–H groups in total. The van der Waals surface area contributed by atoms with Crippen molar-refractivity contribution in [1.82, 2.24) is 4.98 Å². The van der Waals surface area contributed by atoms with Gasteiger partial charge in [-0.05, 0) is 63.7 Å². The number of pyridine rings is 3. The minimum absolute atomic E-state index is 1.17. The molecule has 0 saturated heterocycles. The second-order valence-electron chi connectivity index (χ2n) is 6.54. The van der Waals surface area contributed by atoms with Crippen LogP contribution in [0.15, 0.2) is 91.8 Å². The van der Waals surface area contributed by atoms with Crippen LogP contribution < -0.4 is 9.13 Å². The molecule has 0 aliphatic carbocycles. The molecule has 0 amide bonds. The van der Waals surface area contributed by atoms with E-state index < -0.39 is 0 Å². The molecule has 0 saturated carbocycles. The van der Waals surface area contributed by atoms with Crippen LogP contribution in [0.1, 0.15) is 0 Å². The van der Waals surface area contributed by atoms with E-state index in [4.69, 9.17) is 0 Å². The van der Waals surface area contributed by atoms with Gasteiger partial charge in [-0.2, -0.15) is 0 Å². The van der Waals surface area contributed by atoms with Crippen LogP contribution in [-0.2, 0) is 14.1 Å². The summed E-state index contributed by atoms with van der Waals surface area (Å²) in [6.07, 6.45) is 12.0. The number of benzene rings is 1. The second kappa shape index (κ2) is 6.89. The highest BCUT2D eigenvalue weighted by Gasteiger charge is 2.09. The predicted molar refractivity (Wildman–Crippen MR) is 103 cm³/mol. The molecule has 0 aliphatic rings. The van der Waals surface area contributed by atoms with Gasteiger partial charge in [0.05, 0.1) is 0 Å². The van der Waals surface area contributed by atoms with E-state index in [9.17, 15) is 0 Å². The van der Waals surface area contributed by atoms with E-state index in [-0.39, 0.29) is 0 Å². The lowest BCUT2D eigenvalue weighted by atomic mass is 9.94. The molecule has 3 heteroatoms. The molecule has 0 aliphatic heterocycles. The Bertz CT molecular complexity index is 958. The zero-order valence-electron chi connectivity index (χ0n) is 15.0. The van der Waals surface area contributed by atoms with Crippen LogP contribution in [0.2, 0.25) is 0 Å². The van der Waals surface area contributed by atoms with Crippen molar-refractivity contribution in [3.05, 3.63) is 91.8 Å². The SMILES string of the molecule is C[n+]1ccc(-c2cc(-c3ccncc3)cc(-c3cc[n+](C)cc3)c2)cc1. The molecule has 4 aromatic rings. The van der Waals surface area contributed by atoms with Crippen molar-refractivity contribution in [3.63, 3.8) is 0 Å². The second-order valence-corrected chi connectivity index (χ2v) is 6.54. The Morgan fingerprint density at radius 3 is 1.23 bits per heavy atom. The van der Waals surface area contributed by atoms with Gasteiger partial charge in [0.25, 0.3) is 0 Å². The maximum Gasteiger partial charge on any atom is 0.169 e. The van der Waals surface area contributed by atoms with Gasteiger partial charge in [-0.15, -0.1) is 0 Å². The highest BCUT2D eigenvalue weighted by Crippen LogP contribution is 2.32. The number of nitrogens with zero attached hydrogens (tertiary/aromatic N) is 3. The summed E-state index contributed by atoms with van der Waals surface area (Å²) in [6.45, 7) is 0. The molecule has 0 unspecified atom stereocenters. The third-order valence-electron chi connectivity index (χ3n) is 4.57. The third kappa shape index (κ3) is 3.38. The van der Waals surface area contributed by atoms with Crippen molar-refractivity contribution in [2.75, 3.05) is 0 Å². The van der Waals surface area contributed by atoms with E-state index in [1.807, 2.05) is 35.6 Å². The Labute approximate surface area is 153 Å². The molecule has 26 heavy (non-hydrogen) atoms. The summed E-state index contributed by atoms with van der Waals surface area (Å²) in [5, 5.41) is 0. The van der Waals surface area contributed by atoms with E-state index >= 15 is 0 Å². The molecular formula is C23H21N3+2. The number of hydrogen-bond donors (Lipinski definition) is 0. The molecule has 0 radical (unpaired) electrons. The molecule has 3 aromatic heterocycles. The molecule has 0 fully saturated rings. The number of aryl methyl sites for hydroxylation is 2. The topological polar surface area (TPSA) is 20.6 Å². The van der Waals surface area contributed by atoms with Gasteiger partial charge in [0, 0.05) is 36.7 Å². The van der Waals surface area contributed by atoms with E-state index in [1.54, 1.807) is 0 Å². The molecular weight excluding hydrogens is 318 g/mol. The Balaban J connectivity index is 1.89. The van der Waals surface area contributed by atoms with Crippen molar-refractivity contribution in [1.29, 1.82) is 0 Å². The van der Waals surface area contributed by atoms with Crippen molar-refractivity contribution < 1.29 is 9.13 Å².